The van der Waals surface area contributed by atoms with Crippen molar-refractivity contribution in [2.45, 2.75) is 11.7 Å². The van der Waals surface area contributed by atoms with Crippen LogP contribution in [0.4, 0.5) is 15.9 Å². The Morgan fingerprint density at radius 3 is 2.71 bits per heavy atom. The maximum atomic E-state index is 14.1. The van der Waals surface area contributed by atoms with E-state index < -0.39 is 10.6 Å². The van der Waals surface area contributed by atoms with Crippen LogP contribution in [0.1, 0.15) is 16.8 Å². The molecule has 2 N–H and O–H groups in total. The number of anilines is 2. The molecule has 0 radical (unpaired) electrons. The summed E-state index contributed by atoms with van der Waals surface area (Å²) in [6, 6.07) is 13.6. The monoisotopic (exact) mass is 394 g/mol. The Morgan fingerprint density at radius 1 is 1.14 bits per heavy atom. The number of fused-ring (bicyclic) bond motifs is 4. The lowest BCUT2D eigenvalue weighted by Gasteiger charge is -2.25. The van der Waals surface area contributed by atoms with Crippen LogP contribution in [0.25, 0.3) is 5.69 Å². The third-order valence-electron chi connectivity index (χ3n) is 5.02. The van der Waals surface area contributed by atoms with Crippen LogP contribution in [-0.2, 0) is 14.3 Å². The number of amides is 2. The van der Waals surface area contributed by atoms with Gasteiger partial charge in [-0.25, -0.2) is 9.07 Å². The Kier molecular flexibility index (Phi) is 3.60. The van der Waals surface area contributed by atoms with Gasteiger partial charge in [-0.3, -0.25) is 9.59 Å². The van der Waals surface area contributed by atoms with Gasteiger partial charge in [0, 0.05) is 16.8 Å². The molecule has 8 heteroatoms. The molecule has 0 saturated carbocycles. The molecule has 6 nitrogen and oxygen atoms in total. The molecule has 140 valence electrons. The van der Waals surface area contributed by atoms with E-state index in [1.807, 2.05) is 30.3 Å². The average molecular weight is 394 g/mol. The molecule has 1 spiro atoms. The van der Waals surface area contributed by atoms with Crippen molar-refractivity contribution in [3.05, 3.63) is 71.2 Å². The van der Waals surface area contributed by atoms with Gasteiger partial charge in [-0.1, -0.05) is 18.2 Å². The minimum Gasteiger partial charge on any atom is -0.324 e. The number of aryl methyl sites for hydroxylation is 1. The minimum atomic E-state index is -1.25. The highest BCUT2D eigenvalue weighted by molar-refractivity contribution is 8.01. The third kappa shape index (κ3) is 2.24. The molecule has 1 atom stereocenters. The fraction of sp³-hybridized carbons (Fsp3) is 0.150. The highest BCUT2D eigenvalue weighted by Gasteiger charge is 2.54. The normalized spacial score (nSPS) is 20.4. The van der Waals surface area contributed by atoms with Gasteiger partial charge in [0.15, 0.2) is 4.75 Å². The number of aromatic nitrogens is 2. The van der Waals surface area contributed by atoms with Gasteiger partial charge in [-0.05, 0) is 37.3 Å². The second-order valence-corrected chi connectivity index (χ2v) is 7.91. The number of nitrogens with one attached hydrogen (secondary N) is 2. The molecule has 1 unspecified atom stereocenters. The number of benzene rings is 2. The summed E-state index contributed by atoms with van der Waals surface area (Å²) >= 11 is 1.18. The predicted molar refractivity (Wildman–Crippen MR) is 105 cm³/mol. The topological polar surface area (TPSA) is 76.0 Å². The van der Waals surface area contributed by atoms with Crippen molar-refractivity contribution in [3.63, 3.8) is 0 Å². The summed E-state index contributed by atoms with van der Waals surface area (Å²) in [4.78, 5) is 25.7. The number of thioether (sulfide) groups is 1. The molecule has 2 amide bonds. The first-order valence-electron chi connectivity index (χ1n) is 8.71. The first-order valence-corrected chi connectivity index (χ1v) is 9.70. The summed E-state index contributed by atoms with van der Waals surface area (Å²) < 4.78 is 14.5. The molecule has 0 bridgehead atoms. The Morgan fingerprint density at radius 2 is 1.93 bits per heavy atom. The van der Waals surface area contributed by atoms with E-state index in [0.717, 1.165) is 5.69 Å². The van der Waals surface area contributed by atoms with Gasteiger partial charge < -0.3 is 10.6 Å². The van der Waals surface area contributed by atoms with Gasteiger partial charge in [-0.2, -0.15) is 5.10 Å². The molecule has 2 aliphatic heterocycles. The molecule has 0 fully saturated rings. The van der Waals surface area contributed by atoms with Crippen LogP contribution in [0.3, 0.4) is 0 Å². The smallest absolute Gasteiger partial charge is 0.250 e. The van der Waals surface area contributed by atoms with E-state index in [1.54, 1.807) is 17.7 Å². The van der Waals surface area contributed by atoms with Gasteiger partial charge in [0.05, 0.1) is 17.1 Å². The number of carbonyl (C=O) groups excluding carboxylic acids is 2. The van der Waals surface area contributed by atoms with Crippen molar-refractivity contribution in [1.29, 1.82) is 0 Å². The second-order valence-electron chi connectivity index (χ2n) is 6.72. The third-order valence-corrected chi connectivity index (χ3v) is 6.47. The number of para-hydroxylation sites is 1. The van der Waals surface area contributed by atoms with Crippen LogP contribution in [0, 0.1) is 12.7 Å². The number of hydrogen-bond acceptors (Lipinski definition) is 4. The maximum absolute atomic E-state index is 14.1. The van der Waals surface area contributed by atoms with E-state index in [2.05, 4.69) is 15.7 Å². The van der Waals surface area contributed by atoms with Crippen LogP contribution in [0.5, 0.6) is 0 Å². The van der Waals surface area contributed by atoms with Crippen molar-refractivity contribution in [2.24, 2.45) is 0 Å². The predicted octanol–water partition coefficient (Wildman–Crippen LogP) is 3.20. The van der Waals surface area contributed by atoms with Crippen LogP contribution in [0.2, 0.25) is 0 Å². The summed E-state index contributed by atoms with van der Waals surface area (Å²) in [5.74, 6) is -0.476. The largest absolute Gasteiger partial charge is 0.324 e. The van der Waals surface area contributed by atoms with Crippen LogP contribution in [0.15, 0.2) is 48.5 Å². The summed E-state index contributed by atoms with van der Waals surface area (Å²) in [7, 11) is 0. The summed E-state index contributed by atoms with van der Waals surface area (Å²) in [6.07, 6.45) is 0. The quantitative estimate of drug-likeness (QED) is 0.665. The lowest BCUT2D eigenvalue weighted by Crippen LogP contribution is -2.33. The maximum Gasteiger partial charge on any atom is 0.250 e. The molecule has 1 aromatic heterocycles. The van der Waals surface area contributed by atoms with Gasteiger partial charge in [0.25, 0.3) is 0 Å². The summed E-state index contributed by atoms with van der Waals surface area (Å²) in [5, 5.41) is 10.3. The Hall–Kier alpha value is -3.13. The first kappa shape index (κ1) is 17.0. The van der Waals surface area contributed by atoms with Crippen molar-refractivity contribution in [1.82, 2.24) is 9.78 Å². The molecule has 2 aromatic carbocycles. The zero-order valence-electron chi connectivity index (χ0n) is 14.8. The number of nitrogens with zero attached hydrogens (tertiary/aromatic N) is 2. The SMILES string of the molecule is Cc1nn(-c2ccccc2)c2c1C1(SCC(=O)N2)C(=O)Nc2ccc(F)cc21. The molecule has 5 rings (SSSR count). The zero-order valence-corrected chi connectivity index (χ0v) is 15.6. The van der Waals surface area contributed by atoms with Crippen molar-refractivity contribution in [2.75, 3.05) is 16.4 Å². The van der Waals surface area contributed by atoms with Crippen LogP contribution < -0.4 is 10.6 Å². The number of carbonyl (C=O) groups is 2. The van der Waals surface area contributed by atoms with E-state index in [9.17, 15) is 14.0 Å². The van der Waals surface area contributed by atoms with Crippen LogP contribution >= 0.6 is 11.8 Å². The first-order chi connectivity index (χ1) is 13.5. The standard InChI is InChI=1S/C20H15FN4O2S/c1-11-17-18(25(24-11)13-5-3-2-4-6-13)23-16(26)10-28-20(17)14-9-12(21)7-8-15(14)22-19(20)27/h2-9H,10H2,1H3,(H,22,27)(H,23,26). The van der Waals surface area contributed by atoms with Gasteiger partial charge in [-0.15, -0.1) is 11.8 Å². The number of halogens is 1. The molecule has 3 heterocycles. The average Bonchev–Trinajstić information content (AvgIpc) is 3.08. The van der Waals surface area contributed by atoms with E-state index in [1.165, 1.54) is 23.9 Å². The molecule has 0 saturated heterocycles. The van der Waals surface area contributed by atoms with Crippen molar-refractivity contribution in [3.8, 4) is 5.69 Å². The number of rotatable bonds is 1. The molecule has 28 heavy (non-hydrogen) atoms. The molecular weight excluding hydrogens is 379 g/mol. The van der Waals surface area contributed by atoms with Gasteiger partial charge in [0.1, 0.15) is 11.6 Å². The second kappa shape index (κ2) is 5.93. The highest BCUT2D eigenvalue weighted by Crippen LogP contribution is 2.55. The van der Waals surface area contributed by atoms with Crippen molar-refractivity contribution >= 4 is 35.1 Å². The van der Waals surface area contributed by atoms with E-state index in [-0.39, 0.29) is 17.6 Å². The van der Waals surface area contributed by atoms with Crippen molar-refractivity contribution < 1.29 is 14.0 Å². The fourth-order valence-corrected chi connectivity index (χ4v) is 5.19. The lowest BCUT2D eigenvalue weighted by molar-refractivity contribution is -0.117. The Bertz CT molecular complexity index is 1140. The highest BCUT2D eigenvalue weighted by atomic mass is 32.2. The summed E-state index contributed by atoms with van der Waals surface area (Å²) in [6.45, 7) is 1.79. The van der Waals surface area contributed by atoms with E-state index >= 15 is 0 Å². The van der Waals surface area contributed by atoms with E-state index in [0.29, 0.717) is 28.3 Å². The van der Waals surface area contributed by atoms with Crippen LogP contribution in [-0.4, -0.2) is 27.3 Å². The van der Waals surface area contributed by atoms with Gasteiger partial charge in [0.2, 0.25) is 11.8 Å². The Balaban J connectivity index is 1.84. The molecule has 2 aliphatic rings. The fourth-order valence-electron chi connectivity index (χ4n) is 3.88. The summed E-state index contributed by atoms with van der Waals surface area (Å²) in [5.41, 5.74) is 2.99. The Labute approximate surface area is 164 Å². The van der Waals surface area contributed by atoms with Gasteiger partial charge >= 0.3 is 0 Å². The zero-order chi connectivity index (χ0) is 19.5. The minimum absolute atomic E-state index is 0.0618. The number of hydrogen-bond donors (Lipinski definition) is 2. The lowest BCUT2D eigenvalue weighted by atomic mass is 9.90. The molecular formula is C20H15FN4O2S. The molecule has 3 aromatic rings. The molecule has 0 aliphatic carbocycles. The van der Waals surface area contributed by atoms with E-state index in [4.69, 9.17) is 0 Å².